The number of hydrogen-bond donors (Lipinski definition) is 1. The Hall–Kier alpha value is -0.960. The first-order valence-corrected chi connectivity index (χ1v) is 4.12. The zero-order chi connectivity index (χ0) is 10.1. The number of fused-ring (bicyclic) bond motifs is 1. The van der Waals surface area contributed by atoms with Crippen LogP contribution in [0.25, 0.3) is 0 Å². The Kier molecular flexibility index (Phi) is 2.50. The SMILES string of the molecule is NO[C@@H]1CO[C@H]2[C@@H]1OC[C@@H]2O[N+](=O)[O-]. The molecule has 2 heterocycles. The van der Waals surface area contributed by atoms with Crippen LogP contribution in [0.4, 0.5) is 0 Å². The Morgan fingerprint density at radius 1 is 1.29 bits per heavy atom. The van der Waals surface area contributed by atoms with Gasteiger partial charge in [-0.15, -0.1) is 10.1 Å². The maximum atomic E-state index is 10.1. The summed E-state index contributed by atoms with van der Waals surface area (Å²) in [5.74, 6) is 5.00. The number of nitrogens with zero attached hydrogens (tertiary/aromatic N) is 1. The van der Waals surface area contributed by atoms with Gasteiger partial charge in [0, 0.05) is 0 Å². The molecule has 2 rings (SSSR count). The fraction of sp³-hybridized carbons (Fsp3) is 1.00. The van der Waals surface area contributed by atoms with Crippen molar-refractivity contribution in [1.82, 2.24) is 0 Å². The van der Waals surface area contributed by atoms with Gasteiger partial charge in [-0.2, -0.15) is 0 Å². The van der Waals surface area contributed by atoms with Crippen molar-refractivity contribution in [3.05, 3.63) is 10.1 Å². The zero-order valence-electron chi connectivity index (χ0n) is 7.20. The van der Waals surface area contributed by atoms with Gasteiger partial charge in [0.2, 0.25) is 0 Å². The van der Waals surface area contributed by atoms with Gasteiger partial charge < -0.3 is 14.3 Å². The van der Waals surface area contributed by atoms with Crippen LogP contribution in [0.15, 0.2) is 0 Å². The third-order valence-corrected chi connectivity index (χ3v) is 2.36. The molecule has 2 N–H and O–H groups in total. The van der Waals surface area contributed by atoms with Crippen molar-refractivity contribution in [2.75, 3.05) is 13.2 Å². The molecular formula is C6H10N2O6. The molecule has 0 unspecified atom stereocenters. The molecule has 80 valence electrons. The van der Waals surface area contributed by atoms with E-state index in [4.69, 9.17) is 15.4 Å². The van der Waals surface area contributed by atoms with E-state index in [1.54, 1.807) is 0 Å². The van der Waals surface area contributed by atoms with Crippen LogP contribution in [0.2, 0.25) is 0 Å². The summed E-state index contributed by atoms with van der Waals surface area (Å²) in [6, 6.07) is 0. The molecule has 14 heavy (non-hydrogen) atoms. The highest BCUT2D eigenvalue weighted by Crippen LogP contribution is 2.29. The van der Waals surface area contributed by atoms with E-state index in [2.05, 4.69) is 9.68 Å². The second-order valence-corrected chi connectivity index (χ2v) is 3.14. The Bertz CT molecular complexity index is 236. The maximum absolute atomic E-state index is 10.1. The van der Waals surface area contributed by atoms with Crippen molar-refractivity contribution in [2.45, 2.75) is 24.4 Å². The van der Waals surface area contributed by atoms with Gasteiger partial charge in [0.1, 0.15) is 18.3 Å². The van der Waals surface area contributed by atoms with E-state index in [9.17, 15) is 10.1 Å². The Morgan fingerprint density at radius 3 is 2.43 bits per heavy atom. The maximum Gasteiger partial charge on any atom is 0.294 e. The lowest BCUT2D eigenvalue weighted by Gasteiger charge is -2.13. The summed E-state index contributed by atoms with van der Waals surface area (Å²) in [6.45, 7) is 0.388. The molecule has 0 radical (unpaired) electrons. The molecule has 0 aromatic carbocycles. The van der Waals surface area contributed by atoms with Crippen LogP contribution < -0.4 is 5.90 Å². The van der Waals surface area contributed by atoms with Crippen LogP contribution in [0.5, 0.6) is 0 Å². The summed E-state index contributed by atoms with van der Waals surface area (Å²) in [4.78, 5) is 19.1. The monoisotopic (exact) mass is 206 g/mol. The number of ether oxygens (including phenoxy) is 2. The molecule has 0 spiro atoms. The number of hydrogen-bond acceptors (Lipinski definition) is 7. The van der Waals surface area contributed by atoms with Crippen LogP contribution >= 0.6 is 0 Å². The Balaban J connectivity index is 1.97. The highest BCUT2D eigenvalue weighted by molar-refractivity contribution is 4.95. The fourth-order valence-corrected chi connectivity index (χ4v) is 1.75. The molecule has 0 bridgehead atoms. The van der Waals surface area contributed by atoms with Crippen LogP contribution in [0, 0.1) is 10.1 Å². The third kappa shape index (κ3) is 1.52. The number of nitrogens with two attached hydrogens (primary N) is 1. The molecule has 0 amide bonds. The second-order valence-electron chi connectivity index (χ2n) is 3.14. The van der Waals surface area contributed by atoms with E-state index in [1.165, 1.54) is 0 Å². The van der Waals surface area contributed by atoms with E-state index in [0.29, 0.717) is 0 Å². The summed E-state index contributed by atoms with van der Waals surface area (Å²) < 4.78 is 10.5. The molecule has 0 aromatic heterocycles. The van der Waals surface area contributed by atoms with Crippen LogP contribution in [-0.2, 0) is 19.1 Å². The quantitative estimate of drug-likeness (QED) is 0.448. The van der Waals surface area contributed by atoms with Crippen LogP contribution in [-0.4, -0.2) is 42.7 Å². The van der Waals surface area contributed by atoms with E-state index in [0.717, 1.165) is 0 Å². The first kappa shape index (κ1) is 9.59. The summed E-state index contributed by atoms with van der Waals surface area (Å²) in [7, 11) is 0. The predicted molar refractivity (Wildman–Crippen MR) is 40.4 cm³/mol. The summed E-state index contributed by atoms with van der Waals surface area (Å²) in [6.07, 6.45) is -1.89. The van der Waals surface area contributed by atoms with Gasteiger partial charge in [-0.05, 0) is 0 Å². The molecule has 4 atom stereocenters. The standard InChI is InChI=1S/C6H10N2O6/c7-13-3-1-11-6-4(14-8(9)10)2-12-5(3)6/h3-6H,1-2,7H2/t3-,4+,5-,6-/m1/s1. The average molecular weight is 206 g/mol. The van der Waals surface area contributed by atoms with Crippen LogP contribution in [0.1, 0.15) is 0 Å². The molecule has 0 saturated carbocycles. The minimum atomic E-state index is -0.851. The highest BCUT2D eigenvalue weighted by atomic mass is 17.0. The third-order valence-electron chi connectivity index (χ3n) is 2.36. The summed E-state index contributed by atoms with van der Waals surface area (Å²) >= 11 is 0. The Morgan fingerprint density at radius 2 is 1.86 bits per heavy atom. The summed E-state index contributed by atoms with van der Waals surface area (Å²) in [5, 5.41) is 9.26. The predicted octanol–water partition coefficient (Wildman–Crippen LogP) is -1.38. The van der Waals surface area contributed by atoms with Gasteiger partial charge in [-0.1, -0.05) is 0 Å². The lowest BCUT2D eigenvalue weighted by Crippen LogP contribution is -2.35. The van der Waals surface area contributed by atoms with Crippen molar-refractivity contribution in [3.8, 4) is 0 Å². The van der Waals surface area contributed by atoms with Gasteiger partial charge in [-0.25, -0.2) is 5.90 Å². The Labute approximate surface area is 78.9 Å². The van der Waals surface area contributed by atoms with Crippen LogP contribution in [0.3, 0.4) is 0 Å². The molecule has 8 heteroatoms. The molecule has 8 nitrogen and oxygen atoms in total. The highest BCUT2D eigenvalue weighted by Gasteiger charge is 2.50. The van der Waals surface area contributed by atoms with Gasteiger partial charge in [0.15, 0.2) is 6.10 Å². The van der Waals surface area contributed by atoms with Crippen molar-refractivity contribution < 1.29 is 24.2 Å². The van der Waals surface area contributed by atoms with Crippen molar-refractivity contribution in [1.29, 1.82) is 0 Å². The molecular weight excluding hydrogens is 196 g/mol. The minimum absolute atomic E-state index is 0.121. The largest absolute Gasteiger partial charge is 0.370 e. The normalized spacial score (nSPS) is 40.9. The lowest BCUT2D eigenvalue weighted by molar-refractivity contribution is -0.769. The average Bonchev–Trinajstić information content (AvgIpc) is 2.67. The van der Waals surface area contributed by atoms with Gasteiger partial charge in [0.05, 0.1) is 13.2 Å². The molecule has 0 aliphatic carbocycles. The summed E-state index contributed by atoms with van der Waals surface area (Å²) in [5.41, 5.74) is 0. The molecule has 0 aromatic rings. The zero-order valence-corrected chi connectivity index (χ0v) is 7.20. The molecule has 2 fully saturated rings. The van der Waals surface area contributed by atoms with E-state index in [1.807, 2.05) is 0 Å². The van der Waals surface area contributed by atoms with E-state index >= 15 is 0 Å². The minimum Gasteiger partial charge on any atom is -0.370 e. The molecule has 2 aliphatic heterocycles. The van der Waals surface area contributed by atoms with Crippen molar-refractivity contribution in [3.63, 3.8) is 0 Å². The second kappa shape index (κ2) is 3.65. The topological polar surface area (TPSA) is 106 Å². The van der Waals surface area contributed by atoms with Gasteiger partial charge >= 0.3 is 0 Å². The van der Waals surface area contributed by atoms with E-state index < -0.39 is 17.3 Å². The lowest BCUT2D eigenvalue weighted by atomic mass is 10.1. The number of rotatable bonds is 3. The molecule has 2 saturated heterocycles. The first-order valence-electron chi connectivity index (χ1n) is 4.12. The molecule has 2 aliphatic rings. The van der Waals surface area contributed by atoms with Gasteiger partial charge in [0.25, 0.3) is 5.09 Å². The van der Waals surface area contributed by atoms with E-state index in [-0.39, 0.29) is 25.4 Å². The fourth-order valence-electron chi connectivity index (χ4n) is 1.75. The van der Waals surface area contributed by atoms with Crippen molar-refractivity contribution in [2.24, 2.45) is 5.90 Å². The smallest absolute Gasteiger partial charge is 0.294 e. The van der Waals surface area contributed by atoms with Gasteiger partial charge in [-0.3, -0.25) is 4.84 Å². The van der Waals surface area contributed by atoms with Crippen molar-refractivity contribution >= 4 is 0 Å². The first-order chi connectivity index (χ1) is 6.72.